The summed E-state index contributed by atoms with van der Waals surface area (Å²) in [4.78, 5) is 6.30. The molecule has 3 aromatic rings. The lowest BCUT2D eigenvalue weighted by Crippen LogP contribution is -2.22. The van der Waals surface area contributed by atoms with E-state index in [9.17, 15) is 0 Å². The average molecular weight is 432 g/mol. The van der Waals surface area contributed by atoms with E-state index in [1.165, 1.54) is 5.56 Å². The maximum atomic E-state index is 5.69. The number of benzene rings is 1. The van der Waals surface area contributed by atoms with Gasteiger partial charge in [-0.05, 0) is 55.5 Å². The summed E-state index contributed by atoms with van der Waals surface area (Å²) in [5.41, 5.74) is 2.29. The molecule has 0 aliphatic heterocycles. The van der Waals surface area contributed by atoms with Crippen molar-refractivity contribution in [2.75, 3.05) is 7.05 Å². The van der Waals surface area contributed by atoms with Crippen molar-refractivity contribution in [3.63, 3.8) is 0 Å². The van der Waals surface area contributed by atoms with Gasteiger partial charge in [-0.1, -0.05) is 35.0 Å². The highest BCUT2D eigenvalue weighted by Crippen LogP contribution is 2.18. The fourth-order valence-electron chi connectivity index (χ4n) is 2.85. The van der Waals surface area contributed by atoms with Crippen LogP contribution in [0.2, 0.25) is 0 Å². The molecule has 0 saturated heterocycles. The predicted octanol–water partition coefficient (Wildman–Crippen LogP) is 4.74. The van der Waals surface area contributed by atoms with Crippen molar-refractivity contribution in [1.29, 1.82) is 0 Å². The quantitative estimate of drug-likeness (QED) is 0.506. The van der Waals surface area contributed by atoms with E-state index < -0.39 is 0 Å². The summed E-state index contributed by atoms with van der Waals surface area (Å²) in [6.07, 6.45) is 4.58. The van der Waals surface area contributed by atoms with Gasteiger partial charge in [-0.3, -0.25) is 14.5 Å². The van der Waals surface area contributed by atoms with Gasteiger partial charge in [-0.15, -0.1) is 0 Å². The summed E-state index contributed by atoms with van der Waals surface area (Å²) in [6, 6.07) is 12.3. The van der Waals surface area contributed by atoms with Crippen LogP contribution in [-0.4, -0.2) is 31.3 Å². The fraction of sp³-hybridized carbons (Fsp3) is 0.316. The second-order valence-corrected chi connectivity index (χ2v) is 7.56. The summed E-state index contributed by atoms with van der Waals surface area (Å²) >= 11 is 9.17. The topological polar surface area (TPSA) is 38.9 Å². The maximum absolute atomic E-state index is 5.69. The molecule has 26 heavy (non-hydrogen) atoms. The van der Waals surface area contributed by atoms with Gasteiger partial charge in [0.25, 0.3) is 0 Å². The summed E-state index contributed by atoms with van der Waals surface area (Å²) in [6.45, 7) is 4.48. The minimum Gasteiger partial charge on any atom is -0.300 e. The Balaban J connectivity index is 1.83. The van der Waals surface area contributed by atoms with Crippen molar-refractivity contribution in [3.8, 4) is 11.4 Å². The van der Waals surface area contributed by atoms with E-state index in [4.69, 9.17) is 17.3 Å². The first-order valence-electron chi connectivity index (χ1n) is 8.59. The molecule has 2 aromatic heterocycles. The second kappa shape index (κ2) is 8.70. The van der Waals surface area contributed by atoms with E-state index in [0.29, 0.717) is 6.67 Å². The number of aromatic nitrogens is 4. The lowest BCUT2D eigenvalue weighted by atomic mass is 10.2. The highest BCUT2D eigenvalue weighted by Gasteiger charge is 2.13. The van der Waals surface area contributed by atoms with Gasteiger partial charge in [-0.2, -0.15) is 5.10 Å². The molecule has 0 aliphatic rings. The summed E-state index contributed by atoms with van der Waals surface area (Å²) in [5, 5.41) is 4.79. The Bertz CT molecular complexity index is 902. The maximum Gasteiger partial charge on any atom is 0.199 e. The monoisotopic (exact) mass is 431 g/mol. The number of halogens is 1. The SMILES string of the molecule is CCCn1c(-c2ccncc2)nn(CN(C)Cc2ccc(Br)cc2)c1=S. The van der Waals surface area contributed by atoms with Gasteiger partial charge in [0.15, 0.2) is 10.6 Å². The standard InChI is InChI=1S/C19H22BrN5S/c1-3-12-24-18(16-8-10-21-11-9-16)22-25(19(24)26)14-23(2)13-15-4-6-17(20)7-5-15/h4-11H,3,12-14H2,1-2H3. The molecule has 2 heterocycles. The molecule has 0 spiro atoms. The van der Waals surface area contributed by atoms with Gasteiger partial charge in [0.05, 0.1) is 6.67 Å². The van der Waals surface area contributed by atoms with Crippen LogP contribution >= 0.6 is 28.1 Å². The third-order valence-electron chi connectivity index (χ3n) is 4.05. The Labute approximate surface area is 167 Å². The third kappa shape index (κ3) is 4.47. The van der Waals surface area contributed by atoms with Crippen LogP contribution in [0.15, 0.2) is 53.3 Å². The summed E-state index contributed by atoms with van der Waals surface area (Å²) in [7, 11) is 2.08. The molecule has 0 bridgehead atoms. The zero-order valence-electron chi connectivity index (χ0n) is 15.0. The molecule has 0 saturated carbocycles. The van der Waals surface area contributed by atoms with E-state index in [1.807, 2.05) is 16.8 Å². The van der Waals surface area contributed by atoms with Crippen LogP contribution in [0.1, 0.15) is 18.9 Å². The molecule has 0 N–H and O–H groups in total. The van der Waals surface area contributed by atoms with E-state index in [0.717, 1.165) is 40.1 Å². The van der Waals surface area contributed by atoms with Gasteiger partial charge in [0, 0.05) is 35.5 Å². The van der Waals surface area contributed by atoms with Crippen molar-refractivity contribution in [2.24, 2.45) is 0 Å². The molecular weight excluding hydrogens is 410 g/mol. The number of hydrogen-bond donors (Lipinski definition) is 0. The number of hydrogen-bond acceptors (Lipinski definition) is 4. The first-order chi connectivity index (χ1) is 12.6. The first kappa shape index (κ1) is 18.9. The molecule has 5 nitrogen and oxygen atoms in total. The molecule has 0 fully saturated rings. The van der Waals surface area contributed by atoms with Gasteiger partial charge >= 0.3 is 0 Å². The van der Waals surface area contributed by atoms with E-state index in [2.05, 4.69) is 68.6 Å². The highest BCUT2D eigenvalue weighted by molar-refractivity contribution is 9.10. The number of nitrogens with zero attached hydrogens (tertiary/aromatic N) is 5. The largest absolute Gasteiger partial charge is 0.300 e. The Kier molecular flexibility index (Phi) is 6.34. The van der Waals surface area contributed by atoms with Crippen LogP contribution in [0.5, 0.6) is 0 Å². The number of rotatable bonds is 7. The first-order valence-corrected chi connectivity index (χ1v) is 9.79. The molecule has 0 aliphatic carbocycles. The van der Waals surface area contributed by atoms with Crippen molar-refractivity contribution < 1.29 is 0 Å². The predicted molar refractivity (Wildman–Crippen MR) is 110 cm³/mol. The third-order valence-corrected chi connectivity index (χ3v) is 5.01. The zero-order chi connectivity index (χ0) is 18.5. The Hall–Kier alpha value is -1.83. The molecule has 0 unspecified atom stereocenters. The van der Waals surface area contributed by atoms with Crippen molar-refractivity contribution >= 4 is 28.1 Å². The van der Waals surface area contributed by atoms with Gasteiger partial charge in [0.2, 0.25) is 0 Å². The van der Waals surface area contributed by atoms with Gasteiger partial charge in [-0.25, -0.2) is 4.68 Å². The normalized spacial score (nSPS) is 11.2. The Morgan fingerprint density at radius 1 is 1.12 bits per heavy atom. The van der Waals surface area contributed by atoms with Crippen LogP contribution in [0.3, 0.4) is 0 Å². The van der Waals surface area contributed by atoms with Gasteiger partial charge < -0.3 is 0 Å². The van der Waals surface area contributed by atoms with E-state index in [-0.39, 0.29) is 0 Å². The second-order valence-electron chi connectivity index (χ2n) is 6.28. The minimum atomic E-state index is 0.643. The van der Waals surface area contributed by atoms with Crippen LogP contribution in [0, 0.1) is 4.77 Å². The highest BCUT2D eigenvalue weighted by atomic mass is 79.9. The van der Waals surface area contributed by atoms with Crippen molar-refractivity contribution in [1.82, 2.24) is 24.2 Å². The lowest BCUT2D eigenvalue weighted by molar-refractivity contribution is 0.244. The molecule has 7 heteroatoms. The number of pyridine rings is 1. The minimum absolute atomic E-state index is 0.643. The fourth-order valence-corrected chi connectivity index (χ4v) is 3.39. The molecule has 136 valence electrons. The van der Waals surface area contributed by atoms with Crippen LogP contribution in [0.25, 0.3) is 11.4 Å². The van der Waals surface area contributed by atoms with Gasteiger partial charge in [0.1, 0.15) is 0 Å². The summed E-state index contributed by atoms with van der Waals surface area (Å²) in [5.74, 6) is 0.899. The molecule has 0 radical (unpaired) electrons. The van der Waals surface area contributed by atoms with E-state index >= 15 is 0 Å². The lowest BCUT2D eigenvalue weighted by Gasteiger charge is -2.16. The average Bonchev–Trinajstić information content (AvgIpc) is 2.94. The molecule has 1 aromatic carbocycles. The Morgan fingerprint density at radius 3 is 2.46 bits per heavy atom. The van der Waals surface area contributed by atoms with Crippen LogP contribution in [-0.2, 0) is 19.8 Å². The molecule has 0 amide bonds. The van der Waals surface area contributed by atoms with Crippen LogP contribution in [0.4, 0.5) is 0 Å². The summed E-state index contributed by atoms with van der Waals surface area (Å²) < 4.78 is 5.85. The smallest absolute Gasteiger partial charge is 0.199 e. The molecule has 0 atom stereocenters. The van der Waals surface area contributed by atoms with Crippen molar-refractivity contribution in [3.05, 3.63) is 63.6 Å². The van der Waals surface area contributed by atoms with Crippen molar-refractivity contribution in [2.45, 2.75) is 33.1 Å². The molecular formula is C19H22BrN5S. The molecule has 3 rings (SSSR count). The van der Waals surface area contributed by atoms with Crippen LogP contribution < -0.4 is 0 Å². The Morgan fingerprint density at radius 2 is 1.81 bits per heavy atom. The van der Waals surface area contributed by atoms with E-state index in [1.54, 1.807) is 12.4 Å². The zero-order valence-corrected chi connectivity index (χ0v) is 17.4.